The van der Waals surface area contributed by atoms with Gasteiger partial charge in [0.05, 0.1) is 18.8 Å². The number of alkyl carbamates (subject to hydrolysis) is 1. The molecule has 0 saturated heterocycles. The average Bonchev–Trinajstić information content (AvgIpc) is 3.06. The lowest BCUT2D eigenvalue weighted by Crippen LogP contribution is -2.54. The smallest absolute Gasteiger partial charge is 0.407 e. The number of ether oxygens (including phenoxy) is 3. The van der Waals surface area contributed by atoms with Crippen molar-refractivity contribution >= 4 is 14.4 Å². The molecule has 2 N–H and O–H groups in total. The van der Waals surface area contributed by atoms with Gasteiger partial charge in [0, 0.05) is 5.56 Å². The zero-order valence-electron chi connectivity index (χ0n) is 19.5. The molecule has 0 unspecified atom stereocenters. The number of aliphatic hydroxyl groups excluding tert-OH is 1. The van der Waals surface area contributed by atoms with Gasteiger partial charge in [0.15, 0.2) is 19.8 Å². The Labute approximate surface area is 181 Å². The molecule has 2 rings (SSSR count). The number of hydrogen-bond acceptors (Lipinski definition) is 6. The third-order valence-electron chi connectivity index (χ3n) is 5.50. The van der Waals surface area contributed by atoms with Crippen LogP contribution < -0.4 is 14.8 Å². The van der Waals surface area contributed by atoms with Crippen LogP contribution in [0.5, 0.6) is 11.5 Å². The maximum absolute atomic E-state index is 12.6. The molecular weight excluding hydrogens is 402 g/mol. The molecule has 170 valence electrons. The highest BCUT2D eigenvalue weighted by atomic mass is 28.4. The fourth-order valence-corrected chi connectivity index (χ4v) is 4.27. The minimum absolute atomic E-state index is 0.0398. The predicted molar refractivity (Wildman–Crippen MR) is 119 cm³/mol. The van der Waals surface area contributed by atoms with E-state index in [0.717, 1.165) is 5.56 Å². The van der Waals surface area contributed by atoms with Gasteiger partial charge in [0.1, 0.15) is 5.60 Å². The summed E-state index contributed by atoms with van der Waals surface area (Å²) in [6, 6.07) is 5.15. The summed E-state index contributed by atoms with van der Waals surface area (Å²) < 4.78 is 23.0. The lowest BCUT2D eigenvalue weighted by Gasteiger charge is -2.41. The number of aliphatic hydroxyl groups is 1. The highest BCUT2D eigenvalue weighted by molar-refractivity contribution is 6.74. The van der Waals surface area contributed by atoms with Crippen LogP contribution in [0.4, 0.5) is 4.79 Å². The van der Waals surface area contributed by atoms with Crippen LogP contribution in [0, 0.1) is 0 Å². The van der Waals surface area contributed by atoms with Gasteiger partial charge in [-0.3, -0.25) is 0 Å². The number of benzene rings is 1. The van der Waals surface area contributed by atoms with E-state index in [4.69, 9.17) is 18.6 Å². The summed E-state index contributed by atoms with van der Waals surface area (Å²) in [5.74, 6) is 1.34. The van der Waals surface area contributed by atoms with Gasteiger partial charge in [-0.15, -0.1) is 0 Å². The van der Waals surface area contributed by atoms with E-state index < -0.39 is 32.2 Å². The van der Waals surface area contributed by atoms with E-state index in [1.165, 1.54) is 0 Å². The third-order valence-corrected chi connectivity index (χ3v) is 10.0. The van der Waals surface area contributed by atoms with Crippen molar-refractivity contribution in [2.75, 3.05) is 13.4 Å². The van der Waals surface area contributed by atoms with Crippen LogP contribution in [-0.4, -0.2) is 50.7 Å². The van der Waals surface area contributed by atoms with Crippen molar-refractivity contribution in [3.63, 3.8) is 0 Å². The molecule has 0 bridgehead atoms. The second kappa shape index (κ2) is 9.16. The van der Waals surface area contributed by atoms with E-state index in [0.29, 0.717) is 17.9 Å². The first-order chi connectivity index (χ1) is 13.7. The largest absolute Gasteiger partial charge is 0.454 e. The Hall–Kier alpha value is -1.77. The fourth-order valence-electron chi connectivity index (χ4n) is 2.92. The Morgan fingerprint density at radius 2 is 1.87 bits per heavy atom. The van der Waals surface area contributed by atoms with E-state index in [9.17, 15) is 9.90 Å². The zero-order valence-corrected chi connectivity index (χ0v) is 20.5. The first-order valence-electron chi connectivity index (χ1n) is 10.4. The van der Waals surface area contributed by atoms with Crippen molar-refractivity contribution in [2.24, 2.45) is 0 Å². The van der Waals surface area contributed by atoms with Gasteiger partial charge in [-0.05, 0) is 51.4 Å². The highest BCUT2D eigenvalue weighted by Crippen LogP contribution is 2.39. The molecule has 7 nitrogen and oxygen atoms in total. The summed E-state index contributed by atoms with van der Waals surface area (Å²) in [7, 11) is -2.20. The molecule has 0 spiro atoms. The van der Waals surface area contributed by atoms with Crippen LogP contribution in [0.2, 0.25) is 18.1 Å². The first-order valence-corrected chi connectivity index (χ1v) is 13.3. The maximum atomic E-state index is 12.6. The minimum atomic E-state index is -2.20. The standard InChI is InChI=1S/C22H37NO6Si/c1-21(2,3)28-20(25)23-16(18(13-24)29-30(7,8)22(4,5)6)12-15-10-9-11-17-19(15)27-14-26-17/h9-11,16,18,24H,12-14H2,1-8H3,(H,23,25)/t16-,18+/m0/s1. The van der Waals surface area contributed by atoms with Gasteiger partial charge < -0.3 is 29.1 Å². The van der Waals surface area contributed by atoms with Gasteiger partial charge in [-0.1, -0.05) is 32.9 Å². The van der Waals surface area contributed by atoms with Crippen molar-refractivity contribution in [3.8, 4) is 11.5 Å². The molecule has 1 amide bonds. The lowest BCUT2D eigenvalue weighted by molar-refractivity contribution is 0.0349. The van der Waals surface area contributed by atoms with Crippen LogP contribution in [0.3, 0.4) is 0 Å². The lowest BCUT2D eigenvalue weighted by atomic mass is 10.0. The monoisotopic (exact) mass is 439 g/mol. The molecule has 2 atom stereocenters. The Kier molecular flexibility index (Phi) is 7.48. The fraction of sp³-hybridized carbons (Fsp3) is 0.682. The molecule has 30 heavy (non-hydrogen) atoms. The molecule has 1 aromatic rings. The van der Waals surface area contributed by atoms with Crippen LogP contribution in [0.25, 0.3) is 0 Å². The summed E-state index contributed by atoms with van der Waals surface area (Å²) in [6.45, 7) is 16.0. The Balaban J connectivity index is 2.30. The van der Waals surface area contributed by atoms with E-state index in [1.54, 1.807) is 0 Å². The summed E-state index contributed by atoms with van der Waals surface area (Å²) in [6.07, 6.45) is -0.725. The van der Waals surface area contributed by atoms with Gasteiger partial charge in [0.2, 0.25) is 6.79 Å². The number of hydrogen-bond donors (Lipinski definition) is 2. The molecule has 0 fully saturated rings. The second-order valence-corrected chi connectivity index (χ2v) is 15.0. The zero-order chi connectivity index (χ0) is 22.7. The number of carbonyl (C=O) groups excluding carboxylic acids is 1. The highest BCUT2D eigenvalue weighted by Gasteiger charge is 2.41. The van der Waals surface area contributed by atoms with Crippen LogP contribution >= 0.6 is 0 Å². The van der Waals surface area contributed by atoms with Gasteiger partial charge in [-0.25, -0.2) is 4.79 Å². The average molecular weight is 440 g/mol. The Bertz CT molecular complexity index is 738. The van der Waals surface area contributed by atoms with Crippen molar-refractivity contribution in [3.05, 3.63) is 23.8 Å². The van der Waals surface area contributed by atoms with Gasteiger partial charge in [0.25, 0.3) is 0 Å². The van der Waals surface area contributed by atoms with Gasteiger partial charge in [-0.2, -0.15) is 0 Å². The molecule has 1 aliphatic rings. The Morgan fingerprint density at radius 3 is 2.43 bits per heavy atom. The summed E-state index contributed by atoms with van der Waals surface area (Å²) in [5, 5.41) is 13.1. The molecule has 0 aliphatic carbocycles. The van der Waals surface area contributed by atoms with Crippen LogP contribution in [-0.2, 0) is 15.6 Å². The summed E-state index contributed by atoms with van der Waals surface area (Å²) in [4.78, 5) is 12.6. The molecular formula is C22H37NO6Si. The maximum Gasteiger partial charge on any atom is 0.407 e. The van der Waals surface area contributed by atoms with Crippen molar-refractivity contribution in [1.29, 1.82) is 0 Å². The number of fused-ring (bicyclic) bond motifs is 1. The SMILES string of the molecule is CC(C)(C)OC(=O)N[C@@H](Cc1cccc2c1OCO2)[C@@H](CO)O[Si](C)(C)C(C)(C)C. The molecule has 0 radical (unpaired) electrons. The second-order valence-electron chi connectivity index (χ2n) is 10.2. The van der Waals surface area contributed by atoms with Crippen molar-refractivity contribution in [2.45, 2.75) is 83.8 Å². The molecule has 0 saturated carbocycles. The normalized spacial score (nSPS) is 16.2. The minimum Gasteiger partial charge on any atom is -0.454 e. The molecule has 1 aromatic carbocycles. The number of rotatable bonds is 7. The summed E-state index contributed by atoms with van der Waals surface area (Å²) >= 11 is 0. The van der Waals surface area contributed by atoms with E-state index in [1.807, 2.05) is 39.0 Å². The molecule has 1 aliphatic heterocycles. The van der Waals surface area contributed by atoms with Crippen molar-refractivity contribution < 1.29 is 28.5 Å². The van der Waals surface area contributed by atoms with Crippen LogP contribution in [0.1, 0.15) is 47.1 Å². The predicted octanol–water partition coefficient (Wildman–Crippen LogP) is 4.23. The number of amides is 1. The number of nitrogens with one attached hydrogen (secondary N) is 1. The number of carbonyl (C=O) groups is 1. The number of para-hydroxylation sites is 1. The Morgan fingerprint density at radius 1 is 1.20 bits per heavy atom. The van der Waals surface area contributed by atoms with Crippen molar-refractivity contribution in [1.82, 2.24) is 5.32 Å². The quantitative estimate of drug-likeness (QED) is 0.618. The van der Waals surface area contributed by atoms with Crippen LogP contribution in [0.15, 0.2) is 18.2 Å². The topological polar surface area (TPSA) is 86.3 Å². The molecule has 8 heteroatoms. The van der Waals surface area contributed by atoms with E-state index in [2.05, 4.69) is 39.2 Å². The third kappa shape index (κ3) is 6.36. The van der Waals surface area contributed by atoms with Gasteiger partial charge >= 0.3 is 6.09 Å². The van der Waals surface area contributed by atoms with E-state index in [-0.39, 0.29) is 18.4 Å². The summed E-state index contributed by atoms with van der Waals surface area (Å²) in [5.41, 5.74) is 0.248. The van der Waals surface area contributed by atoms with E-state index >= 15 is 0 Å². The molecule has 0 aromatic heterocycles. The molecule has 1 heterocycles. The first kappa shape index (κ1) is 24.5.